The fraction of sp³-hybridized carbons (Fsp3) is 0.412. The molecule has 2 aromatic rings. The average Bonchev–Trinajstić information content (AvgIpc) is 3.28. The lowest BCUT2D eigenvalue weighted by Gasteiger charge is -2.19. The highest BCUT2D eigenvalue weighted by Crippen LogP contribution is 2.50. The summed E-state index contributed by atoms with van der Waals surface area (Å²) in [5, 5.41) is 4.59. The summed E-state index contributed by atoms with van der Waals surface area (Å²) in [5.41, 5.74) is 15.3. The van der Waals surface area contributed by atoms with E-state index in [1.165, 1.54) is 0 Å². The Bertz CT molecular complexity index is 911. The molecule has 3 atom stereocenters. The van der Waals surface area contributed by atoms with E-state index >= 15 is 0 Å². The summed E-state index contributed by atoms with van der Waals surface area (Å²) < 4.78 is 7.13. The number of nitrogens with two attached hydrogens (primary N) is 2. The normalized spacial score (nSPS) is 25.7. The molecule has 1 saturated carbocycles. The number of allylic oxidation sites excluding steroid dienone is 1. The number of nitrogens with zero attached hydrogens (tertiary/aromatic N) is 5. The largest absolute Gasteiger partial charge is 0.404 e. The fourth-order valence-corrected chi connectivity index (χ4v) is 3.46. The lowest BCUT2D eigenvalue weighted by Crippen LogP contribution is -2.14. The van der Waals surface area contributed by atoms with Gasteiger partial charge in [-0.2, -0.15) is 4.52 Å². The number of aromatic nitrogens is 4. The fourth-order valence-electron chi connectivity index (χ4n) is 3.46. The molecule has 130 valence electrons. The van der Waals surface area contributed by atoms with Crippen molar-refractivity contribution < 1.29 is 4.74 Å². The Morgan fingerprint density at radius 2 is 2.28 bits per heavy atom. The summed E-state index contributed by atoms with van der Waals surface area (Å²) in [5.74, 6) is 1.63. The van der Waals surface area contributed by atoms with Gasteiger partial charge in [-0.1, -0.05) is 12.2 Å². The predicted octanol–water partition coefficient (Wildman–Crippen LogP) is 1.46. The molecule has 0 aromatic carbocycles. The second-order valence-corrected chi connectivity index (χ2v) is 6.34. The molecule has 2 aliphatic rings. The smallest absolute Gasteiger partial charge is 0.223 e. The van der Waals surface area contributed by atoms with Crippen LogP contribution in [0.25, 0.3) is 11.7 Å². The molecule has 8 heteroatoms. The Balaban J connectivity index is 1.75. The Morgan fingerprint density at radius 3 is 3.00 bits per heavy atom. The number of rotatable bonds is 4. The van der Waals surface area contributed by atoms with Crippen molar-refractivity contribution in [3.63, 3.8) is 0 Å². The SMILES string of the molecule is CN=CC(=CN)C1CC1c1nc2c3c(nc(N)n2n1)C(OC)CC=C3. The minimum atomic E-state index is -0.103. The van der Waals surface area contributed by atoms with Crippen LogP contribution in [0.5, 0.6) is 0 Å². The maximum Gasteiger partial charge on any atom is 0.223 e. The number of hydrogen-bond acceptors (Lipinski definition) is 7. The third-order valence-electron chi connectivity index (χ3n) is 4.84. The number of ether oxygens (including phenoxy) is 1. The molecular formula is C17H21N7O. The van der Waals surface area contributed by atoms with Crippen LogP contribution in [0, 0.1) is 5.92 Å². The van der Waals surface area contributed by atoms with Gasteiger partial charge in [-0.25, -0.2) is 9.97 Å². The lowest BCUT2D eigenvalue weighted by atomic mass is 10.0. The zero-order chi connectivity index (χ0) is 17.6. The first-order valence-corrected chi connectivity index (χ1v) is 8.27. The Morgan fingerprint density at radius 1 is 1.44 bits per heavy atom. The van der Waals surface area contributed by atoms with Gasteiger partial charge in [0.15, 0.2) is 11.5 Å². The van der Waals surface area contributed by atoms with Gasteiger partial charge in [0, 0.05) is 31.9 Å². The quantitative estimate of drug-likeness (QED) is 0.814. The predicted molar refractivity (Wildman–Crippen MR) is 96.1 cm³/mol. The number of fused-ring (bicyclic) bond motifs is 3. The van der Waals surface area contributed by atoms with Crippen molar-refractivity contribution in [1.82, 2.24) is 19.6 Å². The maximum absolute atomic E-state index is 6.12. The van der Waals surface area contributed by atoms with E-state index in [0.717, 1.165) is 41.1 Å². The van der Waals surface area contributed by atoms with E-state index in [9.17, 15) is 0 Å². The van der Waals surface area contributed by atoms with E-state index in [2.05, 4.69) is 21.2 Å². The van der Waals surface area contributed by atoms with Crippen LogP contribution in [0.2, 0.25) is 0 Å². The number of anilines is 1. The molecule has 0 radical (unpaired) electrons. The summed E-state index contributed by atoms with van der Waals surface area (Å²) >= 11 is 0. The van der Waals surface area contributed by atoms with Crippen molar-refractivity contribution in [2.24, 2.45) is 16.6 Å². The van der Waals surface area contributed by atoms with Crippen LogP contribution >= 0.6 is 0 Å². The van der Waals surface area contributed by atoms with E-state index < -0.39 is 0 Å². The van der Waals surface area contributed by atoms with Crippen LogP contribution in [-0.2, 0) is 4.74 Å². The van der Waals surface area contributed by atoms with Crippen LogP contribution in [0.15, 0.2) is 22.8 Å². The van der Waals surface area contributed by atoms with Crippen molar-refractivity contribution in [2.45, 2.75) is 24.9 Å². The highest BCUT2D eigenvalue weighted by Gasteiger charge is 2.43. The van der Waals surface area contributed by atoms with Gasteiger partial charge in [0.2, 0.25) is 5.95 Å². The molecule has 0 saturated heterocycles. The average molecular weight is 339 g/mol. The van der Waals surface area contributed by atoms with E-state index in [-0.39, 0.29) is 12.0 Å². The molecule has 0 amide bonds. The van der Waals surface area contributed by atoms with Gasteiger partial charge in [0.1, 0.15) is 6.10 Å². The third kappa shape index (κ3) is 2.49. The summed E-state index contributed by atoms with van der Waals surface area (Å²) in [7, 11) is 3.41. The van der Waals surface area contributed by atoms with Crippen molar-refractivity contribution in [3.8, 4) is 0 Å². The molecule has 2 heterocycles. The monoisotopic (exact) mass is 339 g/mol. The summed E-state index contributed by atoms with van der Waals surface area (Å²) in [6.45, 7) is 0. The van der Waals surface area contributed by atoms with Gasteiger partial charge in [0.25, 0.3) is 0 Å². The molecular weight excluding hydrogens is 318 g/mol. The molecule has 1 fully saturated rings. The van der Waals surface area contributed by atoms with Crippen LogP contribution in [0.1, 0.15) is 41.9 Å². The molecule has 0 aliphatic heterocycles. The van der Waals surface area contributed by atoms with Gasteiger partial charge >= 0.3 is 0 Å². The van der Waals surface area contributed by atoms with Gasteiger partial charge in [-0.15, -0.1) is 5.10 Å². The molecule has 4 rings (SSSR count). The summed E-state index contributed by atoms with van der Waals surface area (Å²) in [6, 6.07) is 0. The minimum Gasteiger partial charge on any atom is -0.404 e. The Labute approximate surface area is 145 Å². The van der Waals surface area contributed by atoms with E-state index in [1.807, 2.05) is 6.08 Å². The Kier molecular flexibility index (Phi) is 3.76. The standard InChI is InChI=1S/C17H21N7O/c1-20-8-9(7-18)11-6-12(11)15-22-16-10-4-3-5-13(25-2)14(10)21-17(19)24(16)23-15/h3-4,7-8,11-13H,5-6,18H2,1-2H3,(H2,19,21). The van der Waals surface area contributed by atoms with Gasteiger partial charge in [0.05, 0.1) is 5.69 Å². The van der Waals surface area contributed by atoms with Crippen LogP contribution in [0.3, 0.4) is 0 Å². The molecule has 25 heavy (non-hydrogen) atoms. The van der Waals surface area contributed by atoms with E-state index in [1.54, 1.807) is 31.1 Å². The molecule has 3 unspecified atom stereocenters. The first-order chi connectivity index (χ1) is 12.2. The molecule has 2 aliphatic carbocycles. The van der Waals surface area contributed by atoms with Crippen molar-refractivity contribution in [2.75, 3.05) is 19.9 Å². The van der Waals surface area contributed by atoms with Crippen molar-refractivity contribution in [3.05, 3.63) is 34.9 Å². The maximum atomic E-state index is 6.12. The summed E-state index contributed by atoms with van der Waals surface area (Å²) in [6.07, 6.45) is 9.12. The highest BCUT2D eigenvalue weighted by atomic mass is 16.5. The topological polar surface area (TPSA) is 117 Å². The molecule has 8 nitrogen and oxygen atoms in total. The van der Waals surface area contributed by atoms with E-state index in [0.29, 0.717) is 11.9 Å². The number of aliphatic imine (C=N–C) groups is 1. The second-order valence-electron chi connectivity index (χ2n) is 6.34. The first-order valence-electron chi connectivity index (χ1n) is 8.27. The third-order valence-corrected chi connectivity index (χ3v) is 4.84. The Hall–Kier alpha value is -2.74. The van der Waals surface area contributed by atoms with Gasteiger partial charge in [-0.05, 0) is 30.5 Å². The van der Waals surface area contributed by atoms with Crippen molar-refractivity contribution in [1.29, 1.82) is 0 Å². The molecule has 0 spiro atoms. The second kappa shape index (κ2) is 5.96. The zero-order valence-electron chi connectivity index (χ0n) is 14.3. The number of nitrogen functional groups attached to an aromatic ring is 1. The lowest BCUT2D eigenvalue weighted by molar-refractivity contribution is 0.101. The van der Waals surface area contributed by atoms with E-state index in [4.69, 9.17) is 21.2 Å². The van der Waals surface area contributed by atoms with Gasteiger partial charge in [-0.3, -0.25) is 4.99 Å². The van der Waals surface area contributed by atoms with Crippen LogP contribution in [-0.4, -0.2) is 40.0 Å². The molecule has 2 aromatic heterocycles. The molecule has 0 bridgehead atoms. The zero-order valence-corrected chi connectivity index (χ0v) is 14.3. The van der Waals surface area contributed by atoms with Crippen LogP contribution in [0.4, 0.5) is 5.95 Å². The molecule has 4 N–H and O–H groups in total. The minimum absolute atomic E-state index is 0.103. The number of hydrogen-bond donors (Lipinski definition) is 2. The van der Waals surface area contributed by atoms with Crippen molar-refractivity contribution >= 4 is 23.9 Å². The highest BCUT2D eigenvalue weighted by molar-refractivity contribution is 5.80. The van der Waals surface area contributed by atoms with Gasteiger partial charge < -0.3 is 16.2 Å². The number of methoxy groups -OCH3 is 1. The van der Waals surface area contributed by atoms with Crippen LogP contribution < -0.4 is 11.5 Å². The first kappa shape index (κ1) is 15.8. The summed E-state index contributed by atoms with van der Waals surface area (Å²) in [4.78, 5) is 13.3.